The van der Waals surface area contributed by atoms with Crippen LogP contribution in [0.3, 0.4) is 0 Å². The van der Waals surface area contributed by atoms with E-state index in [0.717, 1.165) is 67.8 Å². The second-order valence-corrected chi connectivity index (χ2v) is 13.9. The Labute approximate surface area is 277 Å². The number of aliphatic carboxylic acids is 1. The number of benzene rings is 2. The second kappa shape index (κ2) is 14.9. The van der Waals surface area contributed by atoms with Gasteiger partial charge in [0, 0.05) is 70.5 Å². The van der Waals surface area contributed by atoms with Gasteiger partial charge in [-0.15, -0.1) is 0 Å². The number of hydrogen-bond donors (Lipinski definition) is 1. The molecule has 47 heavy (non-hydrogen) atoms. The van der Waals surface area contributed by atoms with Gasteiger partial charge < -0.3 is 29.1 Å². The van der Waals surface area contributed by atoms with E-state index >= 15 is 0 Å². The SMILES string of the molecule is COC[C@@H]1C[C@@H](c2ccc(F)cc2N2CCC(C(=O)O)CC2)CN1C(=O)[C@@H]1CN([C@H]2CC[C@H](OC)CC2)C[C@H]1c1ccc(OC)cc1. The number of hydrogen-bond acceptors (Lipinski definition) is 7. The van der Waals surface area contributed by atoms with E-state index in [0.29, 0.717) is 51.2 Å². The highest BCUT2D eigenvalue weighted by Crippen LogP contribution is 2.43. The number of carboxylic acid groups (broad SMARTS) is 1. The fourth-order valence-corrected chi connectivity index (χ4v) is 8.70. The fraction of sp³-hybridized carbons (Fsp3) is 0.622. The number of nitrogens with zero attached hydrogens (tertiary/aromatic N) is 3. The van der Waals surface area contributed by atoms with Crippen LogP contribution in [0.15, 0.2) is 42.5 Å². The van der Waals surface area contributed by atoms with Crippen LogP contribution in [-0.4, -0.2) is 106 Å². The molecule has 1 N–H and O–H groups in total. The molecule has 1 amide bonds. The summed E-state index contributed by atoms with van der Waals surface area (Å²) in [5, 5.41) is 9.50. The van der Waals surface area contributed by atoms with E-state index in [4.69, 9.17) is 14.2 Å². The van der Waals surface area contributed by atoms with Crippen molar-refractivity contribution in [3.05, 3.63) is 59.4 Å². The van der Waals surface area contributed by atoms with Gasteiger partial charge in [-0.2, -0.15) is 0 Å². The fourth-order valence-electron chi connectivity index (χ4n) is 8.70. The minimum Gasteiger partial charge on any atom is -0.497 e. The van der Waals surface area contributed by atoms with Crippen LogP contribution < -0.4 is 9.64 Å². The van der Waals surface area contributed by atoms with Crippen molar-refractivity contribution < 1.29 is 33.3 Å². The number of rotatable bonds is 10. The first-order chi connectivity index (χ1) is 22.8. The third-order valence-corrected chi connectivity index (χ3v) is 11.4. The zero-order valence-electron chi connectivity index (χ0n) is 28.0. The van der Waals surface area contributed by atoms with Gasteiger partial charge in [0.1, 0.15) is 11.6 Å². The third-order valence-electron chi connectivity index (χ3n) is 11.4. The van der Waals surface area contributed by atoms with Crippen LogP contribution in [0.5, 0.6) is 5.75 Å². The average Bonchev–Trinajstić information content (AvgIpc) is 3.74. The lowest BCUT2D eigenvalue weighted by molar-refractivity contribution is -0.142. The first kappa shape index (κ1) is 33.7. The summed E-state index contributed by atoms with van der Waals surface area (Å²) in [4.78, 5) is 33.0. The lowest BCUT2D eigenvalue weighted by Gasteiger charge is -2.34. The van der Waals surface area contributed by atoms with E-state index in [-0.39, 0.29) is 41.4 Å². The van der Waals surface area contributed by atoms with Gasteiger partial charge in [0.25, 0.3) is 0 Å². The van der Waals surface area contributed by atoms with Crippen molar-refractivity contribution in [3.63, 3.8) is 0 Å². The van der Waals surface area contributed by atoms with Gasteiger partial charge >= 0.3 is 5.97 Å². The molecular weight excluding hydrogens is 601 g/mol. The summed E-state index contributed by atoms with van der Waals surface area (Å²) >= 11 is 0. The zero-order chi connectivity index (χ0) is 33.1. The van der Waals surface area contributed by atoms with Gasteiger partial charge in [-0.1, -0.05) is 18.2 Å². The van der Waals surface area contributed by atoms with Crippen molar-refractivity contribution >= 4 is 17.6 Å². The lowest BCUT2D eigenvalue weighted by atomic mass is 9.87. The smallest absolute Gasteiger partial charge is 0.306 e. The normalized spacial score (nSPS) is 28.9. The van der Waals surface area contributed by atoms with E-state index in [2.05, 4.69) is 21.9 Å². The first-order valence-corrected chi connectivity index (χ1v) is 17.3. The summed E-state index contributed by atoms with van der Waals surface area (Å²) in [5.74, 6) is -0.587. The summed E-state index contributed by atoms with van der Waals surface area (Å²) in [7, 11) is 5.14. The number of piperidine rings is 1. The third kappa shape index (κ3) is 7.29. The van der Waals surface area contributed by atoms with Gasteiger partial charge in [-0.05, 0) is 80.3 Å². The number of likely N-dealkylation sites (tertiary alicyclic amines) is 2. The van der Waals surface area contributed by atoms with Crippen molar-refractivity contribution in [1.82, 2.24) is 9.80 Å². The molecule has 0 bridgehead atoms. The lowest BCUT2D eigenvalue weighted by Crippen LogP contribution is -2.44. The summed E-state index contributed by atoms with van der Waals surface area (Å²) in [6.07, 6.45) is 6.35. The van der Waals surface area contributed by atoms with Crippen LogP contribution >= 0.6 is 0 Å². The van der Waals surface area contributed by atoms with Gasteiger partial charge in [-0.3, -0.25) is 14.5 Å². The molecule has 0 unspecified atom stereocenters. The number of ether oxygens (including phenoxy) is 3. The molecule has 3 heterocycles. The number of carboxylic acids is 1. The van der Waals surface area contributed by atoms with Gasteiger partial charge in [0.15, 0.2) is 0 Å². The molecule has 3 aliphatic heterocycles. The maximum atomic E-state index is 14.8. The zero-order valence-corrected chi connectivity index (χ0v) is 28.0. The van der Waals surface area contributed by atoms with Crippen LogP contribution in [0.1, 0.15) is 67.9 Å². The largest absolute Gasteiger partial charge is 0.497 e. The predicted octanol–water partition coefficient (Wildman–Crippen LogP) is 5.14. The van der Waals surface area contributed by atoms with E-state index in [1.165, 1.54) is 6.07 Å². The molecule has 2 aromatic rings. The Morgan fingerprint density at radius 2 is 1.64 bits per heavy atom. The minimum absolute atomic E-state index is 0.0214. The Bertz CT molecular complexity index is 1370. The average molecular weight is 652 g/mol. The molecule has 6 rings (SSSR count). The Kier molecular flexibility index (Phi) is 10.7. The predicted molar refractivity (Wildman–Crippen MR) is 178 cm³/mol. The van der Waals surface area contributed by atoms with Crippen molar-refractivity contribution in [1.29, 1.82) is 0 Å². The van der Waals surface area contributed by atoms with E-state index in [9.17, 15) is 19.1 Å². The summed E-state index contributed by atoms with van der Waals surface area (Å²) in [6, 6.07) is 13.5. The van der Waals surface area contributed by atoms with E-state index in [1.807, 2.05) is 23.1 Å². The molecule has 10 heteroatoms. The van der Waals surface area contributed by atoms with Crippen LogP contribution in [-0.2, 0) is 19.1 Å². The number of anilines is 1. The number of carbonyl (C=O) groups is 2. The van der Waals surface area contributed by atoms with Crippen LogP contribution in [0.2, 0.25) is 0 Å². The number of amides is 1. The van der Waals surface area contributed by atoms with Gasteiger partial charge in [0.05, 0.1) is 37.7 Å². The highest BCUT2D eigenvalue weighted by molar-refractivity contribution is 5.81. The summed E-state index contributed by atoms with van der Waals surface area (Å²) < 4.78 is 31.4. The molecule has 1 saturated carbocycles. The standard InChI is InChI=1S/C37H50FN3O6/c1-45-23-29-18-26(32-13-6-27(38)19-35(32)39-16-14-25(15-17-39)37(43)44)20-41(29)36(42)34-22-40(28-7-11-31(47-3)12-8-28)21-33(34)24-4-9-30(46-2)10-5-24/h4-6,9-10,13,19,25-26,28-29,31,33-34H,7-8,11-12,14-18,20-23H2,1-3H3,(H,43,44)/t26-,28-,29+,31-,33+,34-/m1/s1. The molecule has 4 aliphatic rings. The highest BCUT2D eigenvalue weighted by atomic mass is 19.1. The molecule has 4 atom stereocenters. The quantitative estimate of drug-likeness (QED) is 0.378. The first-order valence-electron chi connectivity index (χ1n) is 17.3. The Morgan fingerprint density at radius 3 is 2.28 bits per heavy atom. The summed E-state index contributed by atoms with van der Waals surface area (Å²) in [5.41, 5.74) is 2.99. The molecule has 0 spiro atoms. The highest BCUT2D eigenvalue weighted by Gasteiger charge is 2.47. The molecule has 256 valence electrons. The monoisotopic (exact) mass is 651 g/mol. The molecular formula is C37H50FN3O6. The van der Waals surface area contributed by atoms with Crippen LogP contribution in [0.25, 0.3) is 0 Å². The maximum Gasteiger partial charge on any atom is 0.306 e. The number of carbonyl (C=O) groups excluding carboxylic acids is 1. The Balaban J connectivity index is 1.24. The van der Waals surface area contributed by atoms with E-state index in [1.54, 1.807) is 27.4 Å². The van der Waals surface area contributed by atoms with Crippen molar-refractivity contribution in [2.75, 3.05) is 65.6 Å². The number of halogens is 1. The topological polar surface area (TPSA) is 91.8 Å². The van der Waals surface area contributed by atoms with Crippen molar-refractivity contribution in [2.24, 2.45) is 11.8 Å². The van der Waals surface area contributed by atoms with Crippen molar-refractivity contribution in [2.45, 2.75) is 75.0 Å². The Hall–Kier alpha value is -3.21. The summed E-state index contributed by atoms with van der Waals surface area (Å²) in [6.45, 7) is 3.68. The molecule has 2 aromatic carbocycles. The van der Waals surface area contributed by atoms with Gasteiger partial charge in [-0.25, -0.2) is 4.39 Å². The maximum absolute atomic E-state index is 14.8. The number of methoxy groups -OCH3 is 3. The molecule has 0 aromatic heterocycles. The Morgan fingerprint density at radius 1 is 0.915 bits per heavy atom. The second-order valence-electron chi connectivity index (χ2n) is 13.9. The molecule has 1 aliphatic carbocycles. The van der Waals surface area contributed by atoms with Crippen molar-refractivity contribution in [3.8, 4) is 5.75 Å². The van der Waals surface area contributed by atoms with E-state index < -0.39 is 5.97 Å². The molecule has 4 fully saturated rings. The molecule has 3 saturated heterocycles. The van der Waals surface area contributed by atoms with Crippen LogP contribution in [0, 0.1) is 17.7 Å². The molecule has 0 radical (unpaired) electrons. The molecule has 9 nitrogen and oxygen atoms in total. The van der Waals surface area contributed by atoms with Crippen LogP contribution in [0.4, 0.5) is 10.1 Å². The van der Waals surface area contributed by atoms with Gasteiger partial charge in [0.2, 0.25) is 5.91 Å². The minimum atomic E-state index is -0.766.